The van der Waals surface area contributed by atoms with Crippen LogP contribution < -0.4 is 0 Å². The molecule has 0 N–H and O–H groups in total. The molecule has 0 amide bonds. The van der Waals surface area contributed by atoms with E-state index >= 15 is 0 Å². The summed E-state index contributed by atoms with van der Waals surface area (Å²) in [6.07, 6.45) is 0. The van der Waals surface area contributed by atoms with Crippen LogP contribution in [0.4, 0.5) is 0 Å². The zero-order valence-corrected chi connectivity index (χ0v) is 13.2. The predicted molar refractivity (Wildman–Crippen MR) is 93.3 cm³/mol. The molecule has 0 unspecified atom stereocenters. The molecule has 0 aliphatic carbocycles. The molecular weight excluding hydrogens is 282 g/mol. The number of aryl methyl sites for hydroxylation is 2. The van der Waals surface area contributed by atoms with Gasteiger partial charge in [0.15, 0.2) is 5.65 Å². The van der Waals surface area contributed by atoms with Crippen LogP contribution in [0.15, 0.2) is 66.7 Å². The molecule has 0 fully saturated rings. The lowest BCUT2D eigenvalue weighted by Gasteiger charge is -2.09. The molecule has 3 heteroatoms. The Balaban J connectivity index is 2.06. The van der Waals surface area contributed by atoms with Gasteiger partial charge in [-0.2, -0.15) is 5.10 Å². The largest absolute Gasteiger partial charge is 0.228 e. The van der Waals surface area contributed by atoms with E-state index in [0.717, 1.165) is 39.4 Å². The molecule has 0 saturated heterocycles. The number of hydrogen-bond acceptors (Lipinski definition) is 2. The molecule has 0 bridgehead atoms. The van der Waals surface area contributed by atoms with Gasteiger partial charge in [0.05, 0.1) is 17.1 Å². The van der Waals surface area contributed by atoms with E-state index in [4.69, 9.17) is 4.98 Å². The van der Waals surface area contributed by atoms with Crippen molar-refractivity contribution < 1.29 is 0 Å². The second-order valence-electron chi connectivity index (χ2n) is 5.70. The predicted octanol–water partition coefficient (Wildman–Crippen LogP) is 4.68. The third kappa shape index (κ3) is 2.30. The van der Waals surface area contributed by atoms with E-state index in [9.17, 15) is 0 Å². The first kappa shape index (κ1) is 13.7. The first-order valence-electron chi connectivity index (χ1n) is 7.72. The maximum atomic E-state index is 4.85. The van der Waals surface area contributed by atoms with Crippen LogP contribution in [-0.2, 0) is 0 Å². The normalized spacial score (nSPS) is 11.0. The molecule has 2 aromatic carbocycles. The van der Waals surface area contributed by atoms with Crippen LogP contribution >= 0.6 is 0 Å². The molecule has 4 rings (SSSR count). The zero-order valence-electron chi connectivity index (χ0n) is 13.2. The SMILES string of the molecule is Cc1nn2c(-c3ccccc3)cc(-c3ccccc3)nc2c1C. The maximum Gasteiger partial charge on any atom is 0.159 e. The Bertz CT molecular complexity index is 970. The Morgan fingerprint density at radius 3 is 2.04 bits per heavy atom. The van der Waals surface area contributed by atoms with Crippen LogP contribution in [0.25, 0.3) is 28.2 Å². The van der Waals surface area contributed by atoms with Crippen LogP contribution in [0.5, 0.6) is 0 Å². The van der Waals surface area contributed by atoms with Crippen LogP contribution in [0.2, 0.25) is 0 Å². The molecule has 0 aliphatic heterocycles. The highest BCUT2D eigenvalue weighted by Crippen LogP contribution is 2.27. The average Bonchev–Trinajstić information content (AvgIpc) is 2.90. The number of rotatable bonds is 2. The van der Waals surface area contributed by atoms with Crippen molar-refractivity contribution in [1.82, 2.24) is 14.6 Å². The Hall–Kier alpha value is -2.94. The third-order valence-corrected chi connectivity index (χ3v) is 4.20. The quantitative estimate of drug-likeness (QED) is 0.538. The summed E-state index contributed by atoms with van der Waals surface area (Å²) in [5.41, 5.74) is 7.35. The third-order valence-electron chi connectivity index (χ3n) is 4.20. The van der Waals surface area contributed by atoms with Gasteiger partial charge in [-0.25, -0.2) is 9.50 Å². The van der Waals surface area contributed by atoms with Gasteiger partial charge < -0.3 is 0 Å². The van der Waals surface area contributed by atoms with Gasteiger partial charge in [-0.15, -0.1) is 0 Å². The van der Waals surface area contributed by atoms with Crippen molar-refractivity contribution in [3.8, 4) is 22.5 Å². The molecule has 0 atom stereocenters. The van der Waals surface area contributed by atoms with Gasteiger partial charge in [-0.1, -0.05) is 60.7 Å². The molecular formula is C20H17N3. The summed E-state index contributed by atoms with van der Waals surface area (Å²) >= 11 is 0. The number of benzene rings is 2. The highest BCUT2D eigenvalue weighted by Gasteiger charge is 2.14. The Kier molecular flexibility index (Phi) is 3.19. The molecule has 23 heavy (non-hydrogen) atoms. The Morgan fingerprint density at radius 2 is 1.39 bits per heavy atom. The topological polar surface area (TPSA) is 30.2 Å². The highest BCUT2D eigenvalue weighted by molar-refractivity contribution is 5.72. The lowest BCUT2D eigenvalue weighted by molar-refractivity contribution is 0.926. The van der Waals surface area contributed by atoms with Gasteiger partial charge in [0, 0.05) is 16.7 Å². The Morgan fingerprint density at radius 1 is 0.783 bits per heavy atom. The summed E-state index contributed by atoms with van der Waals surface area (Å²) in [7, 11) is 0. The molecule has 3 nitrogen and oxygen atoms in total. The summed E-state index contributed by atoms with van der Waals surface area (Å²) < 4.78 is 1.95. The maximum absolute atomic E-state index is 4.85. The highest BCUT2D eigenvalue weighted by atomic mass is 15.3. The van der Waals surface area contributed by atoms with Crippen LogP contribution in [0.1, 0.15) is 11.3 Å². The fourth-order valence-electron chi connectivity index (χ4n) is 2.80. The number of aromatic nitrogens is 3. The van der Waals surface area contributed by atoms with E-state index in [0.29, 0.717) is 0 Å². The first-order chi connectivity index (χ1) is 11.2. The molecule has 4 aromatic rings. The van der Waals surface area contributed by atoms with Crippen LogP contribution in [0.3, 0.4) is 0 Å². The summed E-state index contributed by atoms with van der Waals surface area (Å²) in [5.74, 6) is 0. The van der Waals surface area contributed by atoms with Crippen molar-refractivity contribution in [1.29, 1.82) is 0 Å². The minimum atomic E-state index is 0.919. The molecule has 0 radical (unpaired) electrons. The van der Waals surface area contributed by atoms with Gasteiger partial charge in [0.1, 0.15) is 0 Å². The molecule has 112 valence electrons. The molecule has 0 saturated carbocycles. The molecule has 2 aromatic heterocycles. The zero-order chi connectivity index (χ0) is 15.8. The summed E-state index contributed by atoms with van der Waals surface area (Å²) in [4.78, 5) is 4.85. The smallest absolute Gasteiger partial charge is 0.159 e. The number of nitrogens with zero attached hydrogens (tertiary/aromatic N) is 3. The van der Waals surface area contributed by atoms with Gasteiger partial charge >= 0.3 is 0 Å². The monoisotopic (exact) mass is 299 g/mol. The van der Waals surface area contributed by atoms with E-state index in [1.807, 2.05) is 47.8 Å². The van der Waals surface area contributed by atoms with Crippen molar-refractivity contribution >= 4 is 5.65 Å². The summed E-state index contributed by atoms with van der Waals surface area (Å²) in [5, 5.41) is 4.68. The van der Waals surface area contributed by atoms with Gasteiger partial charge in [-0.3, -0.25) is 0 Å². The van der Waals surface area contributed by atoms with Crippen molar-refractivity contribution in [3.63, 3.8) is 0 Å². The van der Waals surface area contributed by atoms with Gasteiger partial charge in [0.25, 0.3) is 0 Å². The van der Waals surface area contributed by atoms with Gasteiger partial charge in [0.2, 0.25) is 0 Å². The van der Waals surface area contributed by atoms with E-state index in [-0.39, 0.29) is 0 Å². The van der Waals surface area contributed by atoms with Crippen LogP contribution in [0, 0.1) is 13.8 Å². The lowest BCUT2D eigenvalue weighted by atomic mass is 10.1. The van der Waals surface area contributed by atoms with Crippen molar-refractivity contribution in [3.05, 3.63) is 78.0 Å². The standard InChI is InChI=1S/C20H17N3/c1-14-15(2)22-23-19(17-11-7-4-8-12-17)13-18(21-20(14)23)16-9-5-3-6-10-16/h3-13H,1-2H3. The van der Waals surface area contributed by atoms with Crippen molar-refractivity contribution in [2.45, 2.75) is 13.8 Å². The minimum absolute atomic E-state index is 0.919. The average molecular weight is 299 g/mol. The molecule has 0 aliphatic rings. The van der Waals surface area contributed by atoms with E-state index in [1.54, 1.807) is 0 Å². The first-order valence-corrected chi connectivity index (χ1v) is 7.72. The lowest BCUT2D eigenvalue weighted by Crippen LogP contribution is -1.98. The van der Waals surface area contributed by atoms with Crippen LogP contribution in [-0.4, -0.2) is 14.6 Å². The minimum Gasteiger partial charge on any atom is -0.228 e. The Labute approximate surface area is 135 Å². The van der Waals surface area contributed by atoms with Crippen molar-refractivity contribution in [2.75, 3.05) is 0 Å². The number of hydrogen-bond donors (Lipinski definition) is 0. The molecule has 0 spiro atoms. The number of fused-ring (bicyclic) bond motifs is 1. The fourth-order valence-corrected chi connectivity index (χ4v) is 2.80. The van der Waals surface area contributed by atoms with Gasteiger partial charge in [-0.05, 0) is 19.9 Å². The second kappa shape index (κ2) is 5.36. The fraction of sp³-hybridized carbons (Fsp3) is 0.100. The van der Waals surface area contributed by atoms with Crippen molar-refractivity contribution in [2.24, 2.45) is 0 Å². The summed E-state index contributed by atoms with van der Waals surface area (Å²) in [6.45, 7) is 4.11. The van der Waals surface area contributed by atoms with E-state index in [2.05, 4.69) is 42.4 Å². The summed E-state index contributed by atoms with van der Waals surface area (Å²) in [6, 6.07) is 22.7. The van der Waals surface area contributed by atoms with E-state index < -0.39 is 0 Å². The van der Waals surface area contributed by atoms with E-state index in [1.165, 1.54) is 0 Å². The molecule has 2 heterocycles. The second-order valence-corrected chi connectivity index (χ2v) is 5.70.